The van der Waals surface area contributed by atoms with Crippen molar-refractivity contribution in [3.8, 4) is 17.6 Å². The van der Waals surface area contributed by atoms with Crippen LogP contribution >= 0.6 is 15.9 Å². The van der Waals surface area contributed by atoms with Crippen molar-refractivity contribution in [2.45, 2.75) is 19.8 Å². The number of carbonyl (C=O) groups is 2. The van der Waals surface area contributed by atoms with Gasteiger partial charge in [0.1, 0.15) is 24.1 Å². The van der Waals surface area contributed by atoms with Crippen molar-refractivity contribution in [3.05, 3.63) is 79.9 Å². The van der Waals surface area contributed by atoms with Gasteiger partial charge in [-0.1, -0.05) is 15.9 Å². The Morgan fingerprint density at radius 1 is 0.892 bits per heavy atom. The molecule has 0 aliphatic carbocycles. The zero-order chi connectivity index (χ0) is 27.6. The van der Waals surface area contributed by atoms with Crippen LogP contribution in [-0.4, -0.2) is 53.1 Å². The molecule has 207 valence electrons. The molecule has 2 rings (SSSR count). The number of halogens is 1. The first kappa shape index (κ1) is 38.0. The molecule has 0 aliphatic heterocycles. The van der Waals surface area contributed by atoms with Crippen LogP contribution in [0.15, 0.2) is 48.5 Å². The minimum atomic E-state index is -1.50. The van der Waals surface area contributed by atoms with Gasteiger partial charge in [0, 0.05) is 52.2 Å². The average molecular weight is 680 g/mol. The third-order valence-corrected chi connectivity index (χ3v) is 3.89. The van der Waals surface area contributed by atoms with Crippen molar-refractivity contribution in [1.82, 2.24) is 0 Å². The molecule has 0 spiro atoms. The second kappa shape index (κ2) is 27.1. The van der Waals surface area contributed by atoms with Crippen LogP contribution in [0.4, 0.5) is 0 Å². The van der Waals surface area contributed by atoms with Gasteiger partial charge in [0.15, 0.2) is 0 Å². The van der Waals surface area contributed by atoms with Crippen LogP contribution in [0.3, 0.4) is 0 Å². The number of carbonyl (C=O) groups excluding carboxylic acids is 2. The molecule has 0 bridgehead atoms. The van der Waals surface area contributed by atoms with Crippen molar-refractivity contribution >= 4 is 28.5 Å². The molecule has 0 heterocycles. The molecule has 0 unspecified atom stereocenters. The van der Waals surface area contributed by atoms with E-state index >= 15 is 0 Å². The molecule has 13 nitrogen and oxygen atoms in total. The summed E-state index contributed by atoms with van der Waals surface area (Å²) in [5, 5.41) is 30.9. The third-order valence-electron chi connectivity index (χ3n) is 3.33. The number of aldehydes is 2. The molecular weight excluding hydrogens is 654 g/mol. The molecule has 0 amide bonds. The van der Waals surface area contributed by atoms with E-state index in [1.54, 1.807) is 54.6 Å². The maximum atomic E-state index is 10.4. The number of nitriles is 1. The van der Waals surface area contributed by atoms with Crippen LogP contribution < -0.4 is 9.47 Å². The Morgan fingerprint density at radius 3 is 1.54 bits per heavy atom. The smallest absolute Gasteiger partial charge is 0.294 e. The summed E-state index contributed by atoms with van der Waals surface area (Å²) in [6, 6.07) is 15.4. The van der Waals surface area contributed by atoms with Gasteiger partial charge < -0.3 is 19.5 Å². The Hall–Kier alpha value is -3.51. The molecule has 0 aromatic heterocycles. The molecule has 0 saturated heterocycles. The first-order valence-electron chi connectivity index (χ1n) is 10.1. The number of alkyl halides is 1. The summed E-state index contributed by atoms with van der Waals surface area (Å²) in [5.41, 5.74) is 1.25. The number of ether oxygens (including phenoxy) is 2. The van der Waals surface area contributed by atoms with Crippen LogP contribution in [-0.2, 0) is 27.2 Å². The summed E-state index contributed by atoms with van der Waals surface area (Å²) >= 11 is 3.32. The second-order valence-electron chi connectivity index (χ2n) is 5.99. The van der Waals surface area contributed by atoms with Gasteiger partial charge >= 0.3 is 0 Å². The first-order chi connectivity index (χ1) is 17.2. The van der Waals surface area contributed by atoms with Gasteiger partial charge in [-0.25, -0.2) is 0 Å². The summed E-state index contributed by atoms with van der Waals surface area (Å²) < 4.78 is 10.7. The van der Waals surface area contributed by atoms with E-state index in [0.29, 0.717) is 36.5 Å². The van der Waals surface area contributed by atoms with E-state index in [1.165, 1.54) is 6.92 Å². The fraction of sp³-hybridized carbons (Fsp3) is 0.318. The van der Waals surface area contributed by atoms with Gasteiger partial charge in [0.2, 0.25) is 0 Å². The Morgan fingerprint density at radius 2 is 1.24 bits per heavy atom. The molecule has 1 N–H and O–H groups in total. The Kier molecular flexibility index (Phi) is 27.8. The van der Waals surface area contributed by atoms with Crippen LogP contribution in [0, 0.1) is 31.6 Å². The van der Waals surface area contributed by atoms with E-state index in [9.17, 15) is 19.7 Å². The molecular formula is C22H26AgBrN3O10. The number of hydrogen-bond donors (Lipinski definition) is 1. The van der Waals surface area contributed by atoms with Gasteiger partial charge in [0.25, 0.3) is 10.2 Å². The summed E-state index contributed by atoms with van der Waals surface area (Å²) in [6.45, 7) is 2.47. The van der Waals surface area contributed by atoms with Gasteiger partial charge in [-0.15, -0.1) is 20.2 Å². The van der Waals surface area contributed by atoms with E-state index in [1.807, 2.05) is 0 Å². The number of benzene rings is 2. The van der Waals surface area contributed by atoms with E-state index in [-0.39, 0.29) is 29.0 Å². The van der Waals surface area contributed by atoms with Crippen molar-refractivity contribution in [1.29, 1.82) is 5.26 Å². The van der Waals surface area contributed by atoms with Crippen molar-refractivity contribution in [2.24, 2.45) is 0 Å². The molecule has 15 heteroatoms. The fourth-order valence-corrected chi connectivity index (χ4v) is 2.15. The maximum Gasteiger partial charge on any atom is 0.294 e. The third kappa shape index (κ3) is 26.9. The second-order valence-corrected chi connectivity index (χ2v) is 6.78. The molecule has 0 aliphatic rings. The molecule has 0 atom stereocenters. The normalized spacial score (nSPS) is 8.35. The van der Waals surface area contributed by atoms with Crippen LogP contribution in [0.5, 0.6) is 11.5 Å². The van der Waals surface area contributed by atoms with Gasteiger partial charge in [-0.2, -0.15) is 5.26 Å². The van der Waals surface area contributed by atoms with E-state index in [2.05, 4.69) is 20.8 Å². The molecule has 0 fully saturated rings. The number of hydrogen-bond acceptors (Lipinski definition) is 10. The summed E-state index contributed by atoms with van der Waals surface area (Å²) in [5.74, 6) is 1.43. The summed E-state index contributed by atoms with van der Waals surface area (Å²) in [6.07, 6.45) is 2.98. The first-order valence-corrected chi connectivity index (χ1v) is 11.2. The van der Waals surface area contributed by atoms with Gasteiger partial charge in [0.05, 0.1) is 25.9 Å². The van der Waals surface area contributed by atoms with Gasteiger partial charge in [-0.05, 0) is 55.0 Å². The Balaban J connectivity index is -0.000000494. The molecule has 1 radical (unpaired) electrons. The predicted molar refractivity (Wildman–Crippen MR) is 131 cm³/mol. The quantitative estimate of drug-likeness (QED) is 0.0839. The van der Waals surface area contributed by atoms with Crippen LogP contribution in [0.1, 0.15) is 40.5 Å². The molecule has 0 saturated carbocycles. The van der Waals surface area contributed by atoms with E-state index in [0.717, 1.165) is 30.1 Å². The van der Waals surface area contributed by atoms with Crippen molar-refractivity contribution in [2.75, 3.05) is 25.2 Å². The SMILES string of the molecule is CC#N.O=Cc1ccc(OCCCBr)cc1.O=Cc1ccc(OCCCO[N+](=O)[O-])cc1.O=[N+]([O-])O.[Ag]. The molecule has 2 aromatic rings. The molecule has 2 aromatic carbocycles. The fourth-order valence-electron chi connectivity index (χ4n) is 1.92. The summed E-state index contributed by atoms with van der Waals surface area (Å²) in [7, 11) is 0. The monoisotopic (exact) mass is 678 g/mol. The van der Waals surface area contributed by atoms with Gasteiger partial charge in [-0.3, -0.25) is 9.59 Å². The van der Waals surface area contributed by atoms with E-state index < -0.39 is 10.2 Å². The van der Waals surface area contributed by atoms with Crippen molar-refractivity contribution in [3.63, 3.8) is 0 Å². The predicted octanol–water partition coefficient (Wildman–Crippen LogP) is 4.32. The van der Waals surface area contributed by atoms with E-state index in [4.69, 9.17) is 30.1 Å². The summed E-state index contributed by atoms with van der Waals surface area (Å²) in [4.78, 5) is 43.0. The largest absolute Gasteiger partial charge is 0.494 e. The minimum absolute atomic E-state index is 0. The average Bonchev–Trinajstić information content (AvgIpc) is 2.85. The molecule has 37 heavy (non-hydrogen) atoms. The zero-order valence-corrected chi connectivity index (χ0v) is 22.7. The van der Waals surface area contributed by atoms with Crippen LogP contribution in [0.25, 0.3) is 0 Å². The number of rotatable bonds is 12. The number of nitrogens with zero attached hydrogens (tertiary/aromatic N) is 3. The maximum absolute atomic E-state index is 10.4. The standard InChI is InChI=1S/C10H11BrO2.C10H11NO5.C2H3N.Ag.HNO3/c11-6-1-7-13-10-4-2-9(8-12)3-5-10;12-8-9-2-4-10(5-3-9)15-6-1-7-16-11(13)14;1-2-3;;2-1(3)4/h2-5,8H,1,6-7H2;2-5,8H,1,6-7H2;1H3;;(H,2,3,4). The Labute approximate surface area is 237 Å². The minimum Gasteiger partial charge on any atom is -0.494 e. The van der Waals surface area contributed by atoms with Crippen molar-refractivity contribution < 1.29 is 61.7 Å². The zero-order valence-electron chi connectivity index (χ0n) is 19.7. The van der Waals surface area contributed by atoms with Crippen LogP contribution in [0.2, 0.25) is 0 Å². The topological polar surface area (TPSA) is 192 Å². The Bertz CT molecular complexity index is 922.